The van der Waals surface area contributed by atoms with E-state index in [1.54, 1.807) is 21.3 Å². The Morgan fingerprint density at radius 1 is 1.03 bits per heavy atom. The lowest BCUT2D eigenvalue weighted by Crippen LogP contribution is -2.49. The van der Waals surface area contributed by atoms with Crippen molar-refractivity contribution in [1.29, 1.82) is 0 Å². The minimum atomic E-state index is -0.743. The molecule has 5 rings (SSSR count). The summed E-state index contributed by atoms with van der Waals surface area (Å²) in [6.45, 7) is 4.03. The molecule has 31 heavy (non-hydrogen) atoms. The average molecular weight is 424 g/mol. The van der Waals surface area contributed by atoms with Gasteiger partial charge in [-0.2, -0.15) is 0 Å². The normalized spacial score (nSPS) is 20.7. The third-order valence-electron chi connectivity index (χ3n) is 5.86. The predicted octanol–water partition coefficient (Wildman–Crippen LogP) is 3.43. The standard InChI is InChI=1S/C23H24N2O6/c1-23(2)21-20(22(26)25(3)31-23)19(12-6-13(27-4)8-14(7-12)28-5)15-9-17-18(30-11-29-17)10-16(15)24-21/h6-10,19,24H,11H2,1-5H3. The van der Waals surface area contributed by atoms with E-state index in [1.165, 1.54) is 5.06 Å². The lowest BCUT2D eigenvalue weighted by atomic mass is 9.77. The first-order chi connectivity index (χ1) is 14.8. The maximum Gasteiger partial charge on any atom is 0.275 e. The van der Waals surface area contributed by atoms with Crippen LogP contribution in [0.15, 0.2) is 41.6 Å². The van der Waals surface area contributed by atoms with Crippen molar-refractivity contribution in [2.75, 3.05) is 33.4 Å². The van der Waals surface area contributed by atoms with Crippen molar-refractivity contribution >= 4 is 11.6 Å². The van der Waals surface area contributed by atoms with E-state index >= 15 is 0 Å². The first kappa shape index (κ1) is 19.6. The summed E-state index contributed by atoms with van der Waals surface area (Å²) < 4.78 is 22.2. The summed E-state index contributed by atoms with van der Waals surface area (Å²) >= 11 is 0. The Bertz CT molecular complexity index is 1100. The van der Waals surface area contributed by atoms with E-state index in [1.807, 2.05) is 44.2 Å². The van der Waals surface area contributed by atoms with Gasteiger partial charge in [0.25, 0.3) is 5.91 Å². The van der Waals surface area contributed by atoms with Crippen molar-refractivity contribution < 1.29 is 28.6 Å². The van der Waals surface area contributed by atoms with Crippen LogP contribution in [0.3, 0.4) is 0 Å². The molecule has 0 aromatic heterocycles. The van der Waals surface area contributed by atoms with Crippen molar-refractivity contribution in [3.63, 3.8) is 0 Å². The summed E-state index contributed by atoms with van der Waals surface area (Å²) in [5.74, 6) is 2.00. The van der Waals surface area contributed by atoms with Crippen LogP contribution in [0, 0.1) is 0 Å². The molecule has 8 nitrogen and oxygen atoms in total. The van der Waals surface area contributed by atoms with Gasteiger partial charge >= 0.3 is 0 Å². The molecule has 1 N–H and O–H groups in total. The smallest absolute Gasteiger partial charge is 0.275 e. The zero-order valence-electron chi connectivity index (χ0n) is 18.1. The molecule has 3 heterocycles. The number of benzene rings is 2. The van der Waals surface area contributed by atoms with Crippen LogP contribution in [0.5, 0.6) is 23.0 Å². The fourth-order valence-corrected chi connectivity index (χ4v) is 4.45. The van der Waals surface area contributed by atoms with Crippen LogP contribution in [-0.4, -0.2) is 44.6 Å². The highest BCUT2D eigenvalue weighted by atomic mass is 16.7. The van der Waals surface area contributed by atoms with Crippen LogP contribution in [0.25, 0.3) is 0 Å². The Balaban J connectivity index is 1.79. The van der Waals surface area contributed by atoms with Gasteiger partial charge in [0.05, 0.1) is 25.5 Å². The second-order valence-corrected chi connectivity index (χ2v) is 8.19. The summed E-state index contributed by atoms with van der Waals surface area (Å²) in [6, 6.07) is 9.49. The number of hydrogen-bond donors (Lipinski definition) is 1. The molecule has 8 heteroatoms. The lowest BCUT2D eigenvalue weighted by molar-refractivity contribution is -0.215. The molecule has 162 valence electrons. The highest BCUT2D eigenvalue weighted by Crippen LogP contribution is 2.51. The van der Waals surface area contributed by atoms with Gasteiger partial charge < -0.3 is 24.3 Å². The number of hydroxylamine groups is 2. The molecular formula is C23H24N2O6. The number of carbonyl (C=O) groups is 1. The molecule has 0 saturated heterocycles. The van der Waals surface area contributed by atoms with Gasteiger partial charge in [0, 0.05) is 30.8 Å². The summed E-state index contributed by atoms with van der Waals surface area (Å²) in [5, 5.41) is 4.73. The number of hydrogen-bond acceptors (Lipinski definition) is 7. The van der Waals surface area contributed by atoms with E-state index in [9.17, 15) is 4.79 Å². The Hall–Kier alpha value is -3.39. The van der Waals surface area contributed by atoms with Crippen molar-refractivity contribution in [3.05, 3.63) is 52.7 Å². The number of methoxy groups -OCH3 is 2. The SMILES string of the molecule is COc1cc(OC)cc(C2C3=C(Nc4cc5c(cc42)OCO5)C(C)(C)ON(C)C3=O)c1. The van der Waals surface area contributed by atoms with E-state index in [-0.39, 0.29) is 18.6 Å². The van der Waals surface area contributed by atoms with Crippen LogP contribution in [0.2, 0.25) is 0 Å². The van der Waals surface area contributed by atoms with E-state index in [4.69, 9.17) is 23.8 Å². The first-order valence-corrected chi connectivity index (χ1v) is 9.97. The third-order valence-corrected chi connectivity index (χ3v) is 5.86. The number of likely N-dealkylation sites (N-methyl/N-ethyl adjacent to an activating group) is 1. The third kappa shape index (κ3) is 2.97. The zero-order chi connectivity index (χ0) is 21.9. The molecule has 2 aromatic rings. The van der Waals surface area contributed by atoms with Crippen LogP contribution >= 0.6 is 0 Å². The fraction of sp³-hybridized carbons (Fsp3) is 0.348. The Morgan fingerprint density at radius 2 is 1.68 bits per heavy atom. The number of fused-ring (bicyclic) bond motifs is 2. The second-order valence-electron chi connectivity index (χ2n) is 8.19. The van der Waals surface area contributed by atoms with Crippen LogP contribution in [0.1, 0.15) is 30.9 Å². The largest absolute Gasteiger partial charge is 0.497 e. The number of rotatable bonds is 3. The number of carbonyl (C=O) groups excluding carboxylic acids is 1. The van der Waals surface area contributed by atoms with E-state index in [2.05, 4.69) is 5.32 Å². The van der Waals surface area contributed by atoms with Crippen molar-refractivity contribution in [2.24, 2.45) is 0 Å². The van der Waals surface area contributed by atoms with Gasteiger partial charge in [0.15, 0.2) is 11.5 Å². The molecule has 0 bridgehead atoms. The molecule has 0 spiro atoms. The minimum absolute atomic E-state index is 0.166. The monoisotopic (exact) mass is 424 g/mol. The van der Waals surface area contributed by atoms with Crippen molar-refractivity contribution in [3.8, 4) is 23.0 Å². The van der Waals surface area contributed by atoms with Gasteiger partial charge in [0.1, 0.15) is 17.1 Å². The van der Waals surface area contributed by atoms with Gasteiger partial charge in [-0.15, -0.1) is 0 Å². The topological polar surface area (TPSA) is 78.5 Å². The Labute approximate surface area is 180 Å². The quantitative estimate of drug-likeness (QED) is 0.809. The summed E-state index contributed by atoms with van der Waals surface area (Å²) in [7, 11) is 4.84. The van der Waals surface area contributed by atoms with E-state index < -0.39 is 5.60 Å². The Kier molecular flexibility index (Phi) is 4.30. The molecular weight excluding hydrogens is 400 g/mol. The molecule has 1 atom stereocenters. The summed E-state index contributed by atoms with van der Waals surface area (Å²) in [4.78, 5) is 19.3. The maximum atomic E-state index is 13.4. The Morgan fingerprint density at radius 3 is 2.32 bits per heavy atom. The molecule has 0 aliphatic carbocycles. The molecule has 0 saturated carbocycles. The number of anilines is 1. The average Bonchev–Trinajstić information content (AvgIpc) is 3.21. The van der Waals surface area contributed by atoms with Gasteiger partial charge in [-0.3, -0.25) is 9.63 Å². The van der Waals surface area contributed by atoms with E-state index in [0.717, 1.165) is 16.8 Å². The summed E-state index contributed by atoms with van der Waals surface area (Å²) in [6.07, 6.45) is 0. The van der Waals surface area contributed by atoms with Crippen LogP contribution < -0.4 is 24.3 Å². The van der Waals surface area contributed by atoms with Crippen LogP contribution in [0.4, 0.5) is 5.69 Å². The molecule has 3 aliphatic rings. The lowest BCUT2D eigenvalue weighted by Gasteiger charge is -2.44. The minimum Gasteiger partial charge on any atom is -0.497 e. The zero-order valence-corrected chi connectivity index (χ0v) is 18.1. The molecule has 2 aromatic carbocycles. The van der Waals surface area contributed by atoms with Gasteiger partial charge in [-0.05, 0) is 43.2 Å². The molecule has 0 fully saturated rings. The van der Waals surface area contributed by atoms with Crippen molar-refractivity contribution in [2.45, 2.75) is 25.4 Å². The highest BCUT2D eigenvalue weighted by molar-refractivity contribution is 5.99. The number of ether oxygens (including phenoxy) is 4. The number of nitrogens with zero attached hydrogens (tertiary/aromatic N) is 1. The second kappa shape index (κ2) is 6.81. The van der Waals surface area contributed by atoms with E-state index in [0.29, 0.717) is 34.3 Å². The maximum absolute atomic E-state index is 13.4. The highest BCUT2D eigenvalue weighted by Gasteiger charge is 2.46. The number of amides is 1. The predicted molar refractivity (Wildman–Crippen MR) is 113 cm³/mol. The van der Waals surface area contributed by atoms with Crippen LogP contribution in [-0.2, 0) is 9.63 Å². The summed E-state index contributed by atoms with van der Waals surface area (Å²) in [5.41, 5.74) is 3.19. The molecule has 1 amide bonds. The van der Waals surface area contributed by atoms with Gasteiger partial charge in [-0.1, -0.05) is 0 Å². The van der Waals surface area contributed by atoms with Gasteiger partial charge in [0.2, 0.25) is 6.79 Å². The molecule has 0 radical (unpaired) electrons. The first-order valence-electron chi connectivity index (χ1n) is 9.97. The molecule has 1 unspecified atom stereocenters. The van der Waals surface area contributed by atoms with Crippen molar-refractivity contribution in [1.82, 2.24) is 5.06 Å². The fourth-order valence-electron chi connectivity index (χ4n) is 4.45. The molecule has 3 aliphatic heterocycles. The number of nitrogens with one attached hydrogen (secondary N) is 1. The van der Waals surface area contributed by atoms with Gasteiger partial charge in [-0.25, -0.2) is 5.06 Å².